The lowest BCUT2D eigenvalue weighted by atomic mass is 10.1. The summed E-state index contributed by atoms with van der Waals surface area (Å²) in [5.41, 5.74) is 3.53. The molecular weight excluding hydrogens is 310 g/mol. The lowest BCUT2D eigenvalue weighted by Crippen LogP contribution is -2.35. The quantitative estimate of drug-likeness (QED) is 0.824. The number of H-pyrrole nitrogens is 2. The summed E-state index contributed by atoms with van der Waals surface area (Å²) in [6.45, 7) is 4.07. The Morgan fingerprint density at radius 1 is 1.43 bits per heavy atom. The molecule has 8 heteroatoms. The first-order valence-electron chi connectivity index (χ1n) is 6.70. The van der Waals surface area contributed by atoms with Crippen molar-refractivity contribution in [2.24, 2.45) is 7.05 Å². The summed E-state index contributed by atoms with van der Waals surface area (Å²) in [6.07, 6.45) is 0.778. The molecule has 0 aromatic carbocycles. The number of nitrogens with one attached hydrogen (secondary N) is 2. The van der Waals surface area contributed by atoms with Crippen LogP contribution in [-0.2, 0) is 26.6 Å². The summed E-state index contributed by atoms with van der Waals surface area (Å²) in [7, 11) is 1.83. The molecule has 0 bridgehead atoms. The number of nitrogens with zero attached hydrogens (tertiary/aromatic N) is 3. The fourth-order valence-corrected chi connectivity index (χ4v) is 3.17. The van der Waals surface area contributed by atoms with Gasteiger partial charge in [-0.2, -0.15) is 5.10 Å². The van der Waals surface area contributed by atoms with Gasteiger partial charge in [-0.1, -0.05) is 11.6 Å². The molecule has 0 spiro atoms. The van der Waals surface area contributed by atoms with Crippen LogP contribution < -0.4 is 5.56 Å². The number of aryl methyl sites for hydroxylation is 2. The predicted octanol–water partition coefficient (Wildman–Crippen LogP) is 1.69. The van der Waals surface area contributed by atoms with Crippen molar-refractivity contribution in [3.05, 3.63) is 42.8 Å². The summed E-state index contributed by atoms with van der Waals surface area (Å²) in [5.74, 6) is 0. The molecule has 21 heavy (non-hydrogen) atoms. The first-order valence-corrected chi connectivity index (χ1v) is 7.49. The van der Waals surface area contributed by atoms with Crippen molar-refractivity contribution in [1.82, 2.24) is 24.6 Å². The molecule has 0 unspecified atom stereocenters. The second-order valence-electron chi connectivity index (χ2n) is 5.30. The number of rotatable bonds is 2. The average molecular weight is 326 g/mol. The van der Waals surface area contributed by atoms with E-state index in [2.05, 4.69) is 20.0 Å². The topological polar surface area (TPSA) is 69.7 Å². The molecule has 2 aromatic heterocycles. The van der Waals surface area contributed by atoms with Gasteiger partial charge in [0, 0.05) is 44.4 Å². The van der Waals surface area contributed by atoms with E-state index in [1.807, 2.05) is 14.0 Å². The smallest absolute Gasteiger partial charge is 0.256 e. The van der Waals surface area contributed by atoms with Crippen LogP contribution >= 0.6 is 23.8 Å². The standard InChI is InChI=1S/C13H16ClN5OS/c1-7-8(11(14)18(2)17-7)5-19-4-3-10-9(6-19)12(20)16-13(21)15-10/h3-6H2,1-2H3,(H2,15,16,20,21). The molecule has 0 saturated carbocycles. The summed E-state index contributed by atoms with van der Waals surface area (Å²) < 4.78 is 2.06. The normalized spacial score (nSPS) is 15.2. The Bertz CT molecular complexity index is 806. The molecule has 0 aliphatic carbocycles. The van der Waals surface area contributed by atoms with E-state index in [4.69, 9.17) is 23.8 Å². The summed E-state index contributed by atoms with van der Waals surface area (Å²) in [5, 5.41) is 4.97. The van der Waals surface area contributed by atoms with Crippen LogP contribution in [0.25, 0.3) is 0 Å². The van der Waals surface area contributed by atoms with Crippen LogP contribution in [0.3, 0.4) is 0 Å². The van der Waals surface area contributed by atoms with E-state index in [0.29, 0.717) is 23.0 Å². The number of hydrogen-bond acceptors (Lipinski definition) is 4. The largest absolute Gasteiger partial charge is 0.335 e. The zero-order valence-electron chi connectivity index (χ0n) is 11.9. The van der Waals surface area contributed by atoms with Crippen LogP contribution in [0.15, 0.2) is 4.79 Å². The van der Waals surface area contributed by atoms with Crippen LogP contribution in [0.2, 0.25) is 5.15 Å². The maximum atomic E-state index is 12.0. The molecule has 2 N–H and O–H groups in total. The maximum absolute atomic E-state index is 12.0. The summed E-state index contributed by atoms with van der Waals surface area (Å²) >= 11 is 11.3. The van der Waals surface area contributed by atoms with Crippen LogP contribution in [0.1, 0.15) is 22.5 Å². The van der Waals surface area contributed by atoms with Gasteiger partial charge in [-0.25, -0.2) is 0 Å². The molecule has 0 amide bonds. The monoisotopic (exact) mass is 325 g/mol. The number of hydrogen-bond donors (Lipinski definition) is 2. The first-order chi connectivity index (χ1) is 9.95. The highest BCUT2D eigenvalue weighted by atomic mass is 35.5. The zero-order valence-corrected chi connectivity index (χ0v) is 13.4. The Morgan fingerprint density at radius 2 is 2.19 bits per heavy atom. The Balaban J connectivity index is 1.87. The van der Waals surface area contributed by atoms with Gasteiger partial charge in [-0.05, 0) is 19.1 Å². The van der Waals surface area contributed by atoms with Crippen LogP contribution in [0, 0.1) is 11.7 Å². The molecule has 0 fully saturated rings. The third-order valence-electron chi connectivity index (χ3n) is 3.84. The van der Waals surface area contributed by atoms with Gasteiger partial charge in [-0.3, -0.25) is 19.4 Å². The van der Waals surface area contributed by atoms with E-state index in [0.717, 1.165) is 35.5 Å². The maximum Gasteiger partial charge on any atom is 0.256 e. The SMILES string of the molecule is Cc1nn(C)c(Cl)c1CN1CCc2[nH]c(=S)[nH]c(=O)c2C1. The Hall–Kier alpha value is -1.44. The third-order valence-corrected chi connectivity index (χ3v) is 4.52. The van der Waals surface area contributed by atoms with Gasteiger partial charge in [0.15, 0.2) is 4.77 Å². The van der Waals surface area contributed by atoms with Crippen LogP contribution in [0.5, 0.6) is 0 Å². The van der Waals surface area contributed by atoms with Crippen molar-refractivity contribution < 1.29 is 0 Å². The summed E-state index contributed by atoms with van der Waals surface area (Å²) in [4.78, 5) is 19.9. The van der Waals surface area contributed by atoms with Gasteiger partial charge in [0.05, 0.1) is 11.3 Å². The molecular formula is C13H16ClN5OS. The van der Waals surface area contributed by atoms with Gasteiger partial charge >= 0.3 is 0 Å². The Labute approximate surface area is 131 Å². The fourth-order valence-electron chi connectivity index (χ4n) is 2.72. The van der Waals surface area contributed by atoms with Gasteiger partial charge in [-0.15, -0.1) is 0 Å². The molecule has 112 valence electrons. The van der Waals surface area contributed by atoms with Crippen LogP contribution in [0.4, 0.5) is 0 Å². The van der Waals surface area contributed by atoms with E-state index in [9.17, 15) is 4.79 Å². The number of aromatic nitrogens is 4. The van der Waals surface area contributed by atoms with Gasteiger partial charge in [0.1, 0.15) is 5.15 Å². The highest BCUT2D eigenvalue weighted by molar-refractivity contribution is 7.71. The lowest BCUT2D eigenvalue weighted by Gasteiger charge is -2.27. The van der Waals surface area contributed by atoms with E-state index in [1.54, 1.807) is 4.68 Å². The number of fused-ring (bicyclic) bond motifs is 1. The molecule has 6 nitrogen and oxygen atoms in total. The Kier molecular flexibility index (Phi) is 3.73. The molecule has 0 atom stereocenters. The van der Waals surface area contributed by atoms with Crippen molar-refractivity contribution in [3.63, 3.8) is 0 Å². The number of aromatic amines is 2. The molecule has 1 aliphatic rings. The fraction of sp³-hybridized carbons (Fsp3) is 0.462. The van der Waals surface area contributed by atoms with E-state index < -0.39 is 0 Å². The molecule has 0 radical (unpaired) electrons. The van der Waals surface area contributed by atoms with Gasteiger partial charge in [0.25, 0.3) is 5.56 Å². The van der Waals surface area contributed by atoms with Gasteiger partial charge in [0.2, 0.25) is 0 Å². The minimum atomic E-state index is -0.104. The van der Waals surface area contributed by atoms with E-state index in [-0.39, 0.29) is 5.56 Å². The minimum Gasteiger partial charge on any atom is -0.335 e. The van der Waals surface area contributed by atoms with Crippen molar-refractivity contribution in [2.75, 3.05) is 6.54 Å². The Morgan fingerprint density at radius 3 is 2.86 bits per heavy atom. The molecule has 3 rings (SSSR count). The minimum absolute atomic E-state index is 0.104. The molecule has 0 saturated heterocycles. The first kappa shape index (κ1) is 14.5. The van der Waals surface area contributed by atoms with E-state index in [1.165, 1.54) is 0 Å². The van der Waals surface area contributed by atoms with Gasteiger partial charge < -0.3 is 4.98 Å². The highest BCUT2D eigenvalue weighted by Crippen LogP contribution is 2.23. The zero-order chi connectivity index (χ0) is 15.1. The van der Waals surface area contributed by atoms with Crippen molar-refractivity contribution in [1.29, 1.82) is 0 Å². The predicted molar refractivity (Wildman–Crippen MR) is 83.0 cm³/mol. The van der Waals surface area contributed by atoms with Crippen molar-refractivity contribution >= 4 is 23.8 Å². The van der Waals surface area contributed by atoms with Crippen molar-refractivity contribution in [3.8, 4) is 0 Å². The second kappa shape index (κ2) is 5.40. The third kappa shape index (κ3) is 2.68. The molecule has 1 aliphatic heterocycles. The second-order valence-corrected chi connectivity index (χ2v) is 6.07. The van der Waals surface area contributed by atoms with Crippen LogP contribution in [-0.4, -0.2) is 31.2 Å². The van der Waals surface area contributed by atoms with E-state index >= 15 is 0 Å². The highest BCUT2D eigenvalue weighted by Gasteiger charge is 2.22. The lowest BCUT2D eigenvalue weighted by molar-refractivity contribution is 0.241. The average Bonchev–Trinajstić information content (AvgIpc) is 2.66. The molecule has 3 heterocycles. The number of halogens is 1. The van der Waals surface area contributed by atoms with Crippen molar-refractivity contribution in [2.45, 2.75) is 26.4 Å². The summed E-state index contributed by atoms with van der Waals surface area (Å²) in [6, 6.07) is 0. The molecule has 2 aromatic rings.